The van der Waals surface area contributed by atoms with E-state index in [1.54, 1.807) is 61.7 Å². The van der Waals surface area contributed by atoms with E-state index in [-0.39, 0.29) is 5.75 Å². The number of hydrogen-bond donors (Lipinski definition) is 1. The molecule has 156 valence electrons. The van der Waals surface area contributed by atoms with Crippen LogP contribution in [-0.4, -0.2) is 27.2 Å². The third-order valence-electron chi connectivity index (χ3n) is 4.06. The predicted molar refractivity (Wildman–Crippen MR) is 120 cm³/mol. The molecule has 0 atom stereocenters. The first-order valence-electron chi connectivity index (χ1n) is 9.00. The van der Waals surface area contributed by atoms with Crippen LogP contribution in [0, 0.1) is 0 Å². The molecule has 3 aromatic rings. The van der Waals surface area contributed by atoms with Crippen molar-refractivity contribution in [2.24, 2.45) is 0 Å². The van der Waals surface area contributed by atoms with Crippen LogP contribution in [0.5, 0.6) is 17.2 Å². The molecule has 8 heteroatoms. The monoisotopic (exact) mass is 489 g/mol. The molecular weight excluding hydrogens is 470 g/mol. The van der Waals surface area contributed by atoms with Gasteiger partial charge in [-0.3, -0.25) is 4.79 Å². The molecule has 0 aliphatic rings. The fourth-order valence-electron chi connectivity index (χ4n) is 2.76. The van der Waals surface area contributed by atoms with Gasteiger partial charge in [-0.2, -0.15) is 0 Å². The van der Waals surface area contributed by atoms with Gasteiger partial charge in [0.05, 0.1) is 12.9 Å². The van der Waals surface area contributed by atoms with E-state index in [9.17, 15) is 13.2 Å². The number of carbonyl (C=O) groups is 1. The van der Waals surface area contributed by atoms with Crippen molar-refractivity contribution in [3.05, 3.63) is 82.8 Å². The van der Waals surface area contributed by atoms with Gasteiger partial charge in [0.2, 0.25) is 5.91 Å². The van der Waals surface area contributed by atoms with Crippen molar-refractivity contribution in [1.29, 1.82) is 0 Å². The summed E-state index contributed by atoms with van der Waals surface area (Å²) in [7, 11) is -2.04. The Labute approximate surface area is 183 Å². The number of nitrogens with one attached hydrogen (secondary N) is 1. The molecule has 3 rings (SSSR count). The summed E-state index contributed by atoms with van der Waals surface area (Å²) < 4.78 is 36.5. The normalized spacial score (nSPS) is 11.0. The lowest BCUT2D eigenvalue weighted by atomic mass is 10.2. The Morgan fingerprint density at radius 1 is 0.967 bits per heavy atom. The minimum Gasteiger partial charge on any atom is -0.493 e. The first-order valence-corrected chi connectivity index (χ1v) is 11.6. The fourth-order valence-corrected chi connectivity index (χ4v) is 4.47. The number of rotatable bonds is 8. The Bertz CT molecular complexity index is 1130. The van der Waals surface area contributed by atoms with Crippen molar-refractivity contribution < 1.29 is 22.7 Å². The summed E-state index contributed by atoms with van der Waals surface area (Å²) in [5.74, 6) is 0.328. The lowest BCUT2D eigenvalue weighted by molar-refractivity contribution is -0.113. The van der Waals surface area contributed by atoms with Crippen LogP contribution in [0.25, 0.3) is 0 Å². The zero-order valence-electron chi connectivity index (χ0n) is 16.2. The number of benzene rings is 3. The SMILES string of the molecule is COc1ccccc1Oc1ccc(NC(=O)CS(=O)(=O)Cc2cccc(Br)c2)cc1. The Kier molecular flexibility index (Phi) is 7.12. The first kappa shape index (κ1) is 21.9. The van der Waals surface area contributed by atoms with Gasteiger partial charge in [0.1, 0.15) is 11.5 Å². The molecule has 0 aromatic heterocycles. The van der Waals surface area contributed by atoms with Gasteiger partial charge >= 0.3 is 0 Å². The number of methoxy groups -OCH3 is 1. The summed E-state index contributed by atoms with van der Waals surface area (Å²) in [6.45, 7) is 0. The lowest BCUT2D eigenvalue weighted by Gasteiger charge is -2.11. The van der Waals surface area contributed by atoms with Gasteiger partial charge < -0.3 is 14.8 Å². The minimum absolute atomic E-state index is 0.203. The van der Waals surface area contributed by atoms with Crippen LogP contribution in [0.15, 0.2) is 77.3 Å². The van der Waals surface area contributed by atoms with Crippen LogP contribution in [0.4, 0.5) is 5.69 Å². The average Bonchev–Trinajstić information content (AvgIpc) is 2.69. The van der Waals surface area contributed by atoms with Crippen LogP contribution in [-0.2, 0) is 20.4 Å². The highest BCUT2D eigenvalue weighted by Gasteiger charge is 2.18. The van der Waals surface area contributed by atoms with E-state index in [0.717, 1.165) is 4.47 Å². The van der Waals surface area contributed by atoms with E-state index in [1.807, 2.05) is 18.2 Å². The average molecular weight is 490 g/mol. The minimum atomic E-state index is -3.60. The fraction of sp³-hybridized carbons (Fsp3) is 0.136. The van der Waals surface area contributed by atoms with E-state index < -0.39 is 21.5 Å². The number of para-hydroxylation sites is 2. The molecular formula is C22H20BrNO5S. The summed E-state index contributed by atoms with van der Waals surface area (Å²) in [6, 6.07) is 20.9. The van der Waals surface area contributed by atoms with Gasteiger partial charge in [-0.15, -0.1) is 0 Å². The topological polar surface area (TPSA) is 81.7 Å². The number of ether oxygens (including phenoxy) is 2. The number of anilines is 1. The molecule has 0 saturated carbocycles. The molecule has 1 N–H and O–H groups in total. The second-order valence-corrected chi connectivity index (χ2v) is 9.47. The number of halogens is 1. The summed E-state index contributed by atoms with van der Waals surface area (Å²) in [5.41, 5.74) is 1.10. The highest BCUT2D eigenvalue weighted by atomic mass is 79.9. The zero-order valence-corrected chi connectivity index (χ0v) is 18.6. The summed E-state index contributed by atoms with van der Waals surface area (Å²) in [6.07, 6.45) is 0. The molecule has 0 unspecified atom stereocenters. The van der Waals surface area contributed by atoms with Gasteiger partial charge in [-0.1, -0.05) is 40.2 Å². The second-order valence-electron chi connectivity index (χ2n) is 6.49. The van der Waals surface area contributed by atoms with E-state index in [2.05, 4.69) is 21.2 Å². The molecule has 30 heavy (non-hydrogen) atoms. The van der Waals surface area contributed by atoms with E-state index in [0.29, 0.717) is 28.5 Å². The van der Waals surface area contributed by atoms with Gasteiger partial charge in [0.15, 0.2) is 21.3 Å². The third-order valence-corrected chi connectivity index (χ3v) is 6.03. The first-order chi connectivity index (χ1) is 14.3. The Morgan fingerprint density at radius 2 is 1.67 bits per heavy atom. The molecule has 3 aromatic carbocycles. The van der Waals surface area contributed by atoms with Crippen molar-refractivity contribution in [3.8, 4) is 17.2 Å². The highest BCUT2D eigenvalue weighted by molar-refractivity contribution is 9.10. The summed E-state index contributed by atoms with van der Waals surface area (Å²) in [4.78, 5) is 12.2. The standard InChI is InChI=1S/C22H20BrNO5S/c1-28-20-7-2-3-8-21(20)29-19-11-9-18(10-12-19)24-22(25)15-30(26,27)14-16-5-4-6-17(23)13-16/h2-13H,14-15H2,1H3,(H,24,25). The molecule has 6 nitrogen and oxygen atoms in total. The van der Waals surface area contributed by atoms with Crippen molar-refractivity contribution in [1.82, 2.24) is 0 Å². The van der Waals surface area contributed by atoms with Crippen LogP contribution in [0.1, 0.15) is 5.56 Å². The quantitative estimate of drug-likeness (QED) is 0.491. The Hall–Kier alpha value is -2.84. The number of hydrogen-bond acceptors (Lipinski definition) is 5. The highest BCUT2D eigenvalue weighted by Crippen LogP contribution is 2.31. The molecule has 1 amide bonds. The Balaban J connectivity index is 1.59. The maximum atomic E-state index is 12.3. The van der Waals surface area contributed by atoms with Crippen molar-refractivity contribution in [2.45, 2.75) is 5.75 Å². The van der Waals surface area contributed by atoms with Crippen LogP contribution >= 0.6 is 15.9 Å². The molecule has 0 saturated heterocycles. The number of amides is 1. The molecule has 0 aliphatic heterocycles. The molecule has 0 aliphatic carbocycles. The predicted octanol–water partition coefficient (Wildman–Crippen LogP) is 4.80. The second kappa shape index (κ2) is 9.77. The van der Waals surface area contributed by atoms with Gasteiger partial charge in [0, 0.05) is 10.2 Å². The Morgan fingerprint density at radius 3 is 2.33 bits per heavy atom. The number of sulfone groups is 1. The third kappa shape index (κ3) is 6.33. The maximum Gasteiger partial charge on any atom is 0.239 e. The molecule has 0 bridgehead atoms. The largest absolute Gasteiger partial charge is 0.493 e. The zero-order chi connectivity index (χ0) is 21.6. The van der Waals surface area contributed by atoms with Crippen LogP contribution in [0.2, 0.25) is 0 Å². The lowest BCUT2D eigenvalue weighted by Crippen LogP contribution is -2.23. The van der Waals surface area contributed by atoms with Gasteiger partial charge in [-0.25, -0.2) is 8.42 Å². The van der Waals surface area contributed by atoms with E-state index >= 15 is 0 Å². The summed E-state index contributed by atoms with van der Waals surface area (Å²) >= 11 is 3.31. The van der Waals surface area contributed by atoms with Crippen molar-refractivity contribution in [2.75, 3.05) is 18.2 Å². The molecule has 0 heterocycles. The molecule has 0 fully saturated rings. The smallest absolute Gasteiger partial charge is 0.239 e. The van der Waals surface area contributed by atoms with E-state index in [4.69, 9.17) is 9.47 Å². The summed E-state index contributed by atoms with van der Waals surface area (Å²) in [5, 5.41) is 2.60. The van der Waals surface area contributed by atoms with Gasteiger partial charge in [0.25, 0.3) is 0 Å². The van der Waals surface area contributed by atoms with Crippen molar-refractivity contribution in [3.63, 3.8) is 0 Å². The van der Waals surface area contributed by atoms with Crippen LogP contribution in [0.3, 0.4) is 0 Å². The van der Waals surface area contributed by atoms with E-state index in [1.165, 1.54) is 0 Å². The van der Waals surface area contributed by atoms with Crippen molar-refractivity contribution >= 4 is 37.4 Å². The number of carbonyl (C=O) groups excluding carboxylic acids is 1. The van der Waals surface area contributed by atoms with Crippen LogP contribution < -0.4 is 14.8 Å². The molecule has 0 spiro atoms. The maximum absolute atomic E-state index is 12.3. The van der Waals surface area contributed by atoms with Gasteiger partial charge in [-0.05, 0) is 54.1 Å². The molecule has 0 radical (unpaired) electrons.